The highest BCUT2D eigenvalue weighted by Gasteiger charge is 2.26. The Bertz CT molecular complexity index is 993. The number of allylic oxidation sites excluding steroid dienone is 1. The van der Waals surface area contributed by atoms with Gasteiger partial charge < -0.3 is 24.2 Å². The van der Waals surface area contributed by atoms with Gasteiger partial charge in [0.05, 0.1) is 26.9 Å². The first-order chi connectivity index (χ1) is 14.5. The number of hydrogen-bond donors (Lipinski definition) is 1. The van der Waals surface area contributed by atoms with E-state index in [9.17, 15) is 9.90 Å². The van der Waals surface area contributed by atoms with Crippen LogP contribution in [0.3, 0.4) is 0 Å². The Morgan fingerprint density at radius 3 is 2.50 bits per heavy atom. The van der Waals surface area contributed by atoms with Gasteiger partial charge in [-0.15, -0.1) is 0 Å². The first-order valence-corrected chi connectivity index (χ1v) is 9.70. The first-order valence-electron chi connectivity index (χ1n) is 9.70. The lowest BCUT2D eigenvalue weighted by atomic mass is 9.93. The highest BCUT2D eigenvalue weighted by molar-refractivity contribution is 6.11. The van der Waals surface area contributed by atoms with E-state index < -0.39 is 0 Å². The molecule has 2 aromatic carbocycles. The minimum atomic E-state index is -0.357. The second-order valence-electron chi connectivity index (χ2n) is 7.10. The number of carbonyl (C=O) groups is 1. The van der Waals surface area contributed by atoms with Crippen LogP contribution in [0, 0.1) is 0 Å². The van der Waals surface area contributed by atoms with Crippen molar-refractivity contribution in [2.45, 2.75) is 6.42 Å². The third-order valence-corrected chi connectivity index (χ3v) is 5.17. The summed E-state index contributed by atoms with van der Waals surface area (Å²) in [6.07, 6.45) is 5.90. The lowest BCUT2D eigenvalue weighted by molar-refractivity contribution is 0.104. The predicted octanol–water partition coefficient (Wildman–Crippen LogP) is 4.03. The summed E-state index contributed by atoms with van der Waals surface area (Å²) in [5, 5.41) is 11.1. The summed E-state index contributed by atoms with van der Waals surface area (Å²) < 4.78 is 16.1. The predicted molar refractivity (Wildman–Crippen MR) is 118 cm³/mol. The van der Waals surface area contributed by atoms with Crippen LogP contribution in [0.4, 0.5) is 0 Å². The zero-order valence-corrected chi connectivity index (χ0v) is 17.8. The molecule has 0 radical (unpaired) electrons. The number of aromatic hydroxyl groups is 1. The molecule has 1 heterocycles. The van der Waals surface area contributed by atoms with Gasteiger partial charge >= 0.3 is 0 Å². The fraction of sp³-hybridized carbons (Fsp3) is 0.292. The molecule has 0 atom stereocenters. The fourth-order valence-electron chi connectivity index (χ4n) is 3.49. The van der Waals surface area contributed by atoms with Crippen molar-refractivity contribution in [1.82, 2.24) is 4.90 Å². The number of rotatable bonds is 7. The quantitative estimate of drug-likeness (QED) is 0.550. The Labute approximate surface area is 177 Å². The maximum atomic E-state index is 13.0. The maximum absolute atomic E-state index is 13.0. The largest absolute Gasteiger partial charge is 0.506 e. The van der Waals surface area contributed by atoms with Crippen molar-refractivity contribution in [3.63, 3.8) is 0 Å². The molecule has 0 bridgehead atoms. The van der Waals surface area contributed by atoms with Crippen molar-refractivity contribution in [2.24, 2.45) is 0 Å². The van der Waals surface area contributed by atoms with Gasteiger partial charge in [-0.05, 0) is 42.8 Å². The number of hydrogen-bond acceptors (Lipinski definition) is 6. The van der Waals surface area contributed by atoms with Gasteiger partial charge in [0, 0.05) is 19.2 Å². The van der Waals surface area contributed by atoms with Gasteiger partial charge in [0.2, 0.25) is 0 Å². The Hall–Kier alpha value is -3.25. The van der Waals surface area contributed by atoms with Gasteiger partial charge in [0.15, 0.2) is 5.78 Å². The van der Waals surface area contributed by atoms with E-state index in [0.29, 0.717) is 17.1 Å². The Morgan fingerprint density at radius 1 is 1.10 bits per heavy atom. The number of benzene rings is 2. The smallest absolute Gasteiger partial charge is 0.193 e. The Morgan fingerprint density at radius 2 is 1.87 bits per heavy atom. The zero-order valence-electron chi connectivity index (χ0n) is 17.8. The van der Waals surface area contributed by atoms with Crippen LogP contribution in [0.5, 0.6) is 23.0 Å². The number of phenolic OH excluding ortho intramolecular Hbond substituents is 1. The van der Waals surface area contributed by atoms with Crippen LogP contribution in [0.25, 0.3) is 11.6 Å². The van der Waals surface area contributed by atoms with Gasteiger partial charge in [-0.2, -0.15) is 0 Å². The van der Waals surface area contributed by atoms with Gasteiger partial charge in [-0.1, -0.05) is 24.3 Å². The highest BCUT2D eigenvalue weighted by Crippen LogP contribution is 2.44. The van der Waals surface area contributed by atoms with Crippen LogP contribution in [-0.2, 0) is 0 Å². The minimum Gasteiger partial charge on any atom is -0.506 e. The number of ether oxygens (including phenoxy) is 3. The molecule has 2 aromatic rings. The number of carbonyl (C=O) groups excluding carboxylic acids is 1. The summed E-state index contributed by atoms with van der Waals surface area (Å²) >= 11 is 0. The molecular weight excluding hydrogens is 382 g/mol. The molecule has 1 N–H and O–H groups in total. The van der Waals surface area contributed by atoms with Crippen LogP contribution < -0.4 is 14.2 Å². The molecule has 158 valence electrons. The lowest BCUT2D eigenvalue weighted by Gasteiger charge is -2.24. The lowest BCUT2D eigenvalue weighted by Crippen LogP contribution is -2.23. The van der Waals surface area contributed by atoms with E-state index in [1.807, 2.05) is 37.4 Å². The number of phenols is 1. The summed E-state index contributed by atoms with van der Waals surface area (Å²) in [5.74, 6) is 0.966. The average molecular weight is 409 g/mol. The molecule has 0 unspecified atom stereocenters. The van der Waals surface area contributed by atoms with Crippen molar-refractivity contribution >= 4 is 17.4 Å². The monoisotopic (exact) mass is 409 g/mol. The zero-order chi connectivity index (χ0) is 21.7. The van der Waals surface area contributed by atoms with Gasteiger partial charge in [0.1, 0.15) is 28.6 Å². The van der Waals surface area contributed by atoms with E-state index >= 15 is 0 Å². The van der Waals surface area contributed by atoms with E-state index in [-0.39, 0.29) is 22.8 Å². The second-order valence-corrected chi connectivity index (χ2v) is 7.10. The van der Waals surface area contributed by atoms with Crippen molar-refractivity contribution in [2.75, 3.05) is 41.5 Å². The van der Waals surface area contributed by atoms with Crippen molar-refractivity contribution in [3.8, 4) is 23.0 Å². The van der Waals surface area contributed by atoms with Crippen LogP contribution in [-0.4, -0.2) is 57.3 Å². The average Bonchev–Trinajstić information content (AvgIpc) is 2.77. The Kier molecular flexibility index (Phi) is 6.79. The van der Waals surface area contributed by atoms with E-state index in [1.165, 1.54) is 20.3 Å². The summed E-state index contributed by atoms with van der Waals surface area (Å²) in [7, 11) is 6.63. The second kappa shape index (κ2) is 9.50. The fourth-order valence-corrected chi connectivity index (χ4v) is 3.49. The molecule has 6 nitrogen and oxygen atoms in total. The summed E-state index contributed by atoms with van der Waals surface area (Å²) in [6.45, 7) is 1.63. The molecule has 1 aliphatic rings. The first kappa shape index (κ1) is 21.5. The summed E-state index contributed by atoms with van der Waals surface area (Å²) in [4.78, 5) is 15.2. The third-order valence-electron chi connectivity index (χ3n) is 5.17. The highest BCUT2D eigenvalue weighted by atomic mass is 16.5. The SMILES string of the molecule is COc1cccc(/C=C/C(=O)c2c(OC)cc(OC)c(C3=CCN(C)CC3)c2O)c1. The molecule has 0 aliphatic carbocycles. The van der Waals surface area contributed by atoms with Crippen LogP contribution in [0.15, 0.2) is 42.5 Å². The molecule has 0 saturated carbocycles. The normalized spacial score (nSPS) is 14.5. The molecule has 0 aromatic heterocycles. The maximum Gasteiger partial charge on any atom is 0.193 e. The molecule has 0 amide bonds. The standard InChI is InChI=1S/C24H27NO5/c1-25-12-10-17(11-13-25)22-20(29-3)15-21(30-4)23(24(22)27)19(26)9-8-16-6-5-7-18(14-16)28-2/h5-10,14-15,27H,11-13H2,1-4H3/b9-8+. The van der Waals surface area contributed by atoms with Crippen LogP contribution in [0.1, 0.15) is 27.9 Å². The molecule has 0 saturated heterocycles. The van der Waals surface area contributed by atoms with E-state index in [0.717, 1.165) is 30.6 Å². The van der Waals surface area contributed by atoms with Gasteiger partial charge in [0.25, 0.3) is 0 Å². The molecule has 1 aliphatic heterocycles. The molecule has 0 spiro atoms. The molecule has 0 fully saturated rings. The Balaban J connectivity index is 2.03. The van der Waals surface area contributed by atoms with Crippen molar-refractivity contribution < 1.29 is 24.1 Å². The van der Waals surface area contributed by atoms with Crippen molar-refractivity contribution in [1.29, 1.82) is 0 Å². The minimum absolute atomic E-state index is 0.118. The molecule has 3 rings (SSSR count). The van der Waals surface area contributed by atoms with Gasteiger partial charge in [-0.25, -0.2) is 0 Å². The number of methoxy groups -OCH3 is 3. The number of ketones is 1. The number of likely N-dealkylation sites (N-methyl/N-ethyl adjacent to an activating group) is 1. The van der Waals surface area contributed by atoms with Gasteiger partial charge in [-0.3, -0.25) is 4.79 Å². The van der Waals surface area contributed by atoms with E-state index in [2.05, 4.69) is 4.90 Å². The van der Waals surface area contributed by atoms with Crippen LogP contribution >= 0.6 is 0 Å². The molecule has 30 heavy (non-hydrogen) atoms. The van der Waals surface area contributed by atoms with Crippen molar-refractivity contribution in [3.05, 3.63) is 59.2 Å². The van der Waals surface area contributed by atoms with E-state index in [1.54, 1.807) is 19.3 Å². The third kappa shape index (κ3) is 4.49. The summed E-state index contributed by atoms with van der Waals surface area (Å²) in [5.41, 5.74) is 2.43. The molecule has 6 heteroatoms. The van der Waals surface area contributed by atoms with E-state index in [4.69, 9.17) is 14.2 Å². The summed E-state index contributed by atoms with van der Waals surface area (Å²) in [6, 6.07) is 9.02. The topological polar surface area (TPSA) is 68.2 Å². The molecular formula is C24H27NO5. The van der Waals surface area contributed by atoms with Crippen LogP contribution in [0.2, 0.25) is 0 Å². The number of nitrogens with zero attached hydrogens (tertiary/aromatic N) is 1.